The van der Waals surface area contributed by atoms with Gasteiger partial charge in [-0.15, -0.1) is 0 Å². The SMILES string of the molecule is CCN(CC)[Si](C)(C)c1ccccc1B(c1c(C)cc(C)cc1C)c1c(C)cc(C)cc1C. The van der Waals surface area contributed by atoms with Gasteiger partial charge in [0, 0.05) is 0 Å². The van der Waals surface area contributed by atoms with E-state index >= 15 is 0 Å². The molecule has 0 aliphatic rings. The van der Waals surface area contributed by atoms with E-state index in [4.69, 9.17) is 0 Å². The van der Waals surface area contributed by atoms with Gasteiger partial charge in [0.1, 0.15) is 0 Å². The van der Waals surface area contributed by atoms with Crippen molar-refractivity contribution >= 4 is 36.5 Å². The molecule has 0 radical (unpaired) electrons. The molecule has 0 amide bonds. The van der Waals surface area contributed by atoms with E-state index in [1.807, 2.05) is 0 Å². The second kappa shape index (κ2) is 10.0. The molecule has 0 N–H and O–H groups in total. The van der Waals surface area contributed by atoms with Crippen LogP contribution < -0.4 is 21.6 Å². The van der Waals surface area contributed by atoms with Gasteiger partial charge < -0.3 is 4.57 Å². The summed E-state index contributed by atoms with van der Waals surface area (Å²) in [7, 11) is -1.84. The summed E-state index contributed by atoms with van der Waals surface area (Å²) in [4.78, 5) is 0. The monoisotopic (exact) mass is 455 g/mol. The van der Waals surface area contributed by atoms with Gasteiger partial charge in [-0.2, -0.15) is 0 Å². The summed E-state index contributed by atoms with van der Waals surface area (Å²) < 4.78 is 2.71. The van der Waals surface area contributed by atoms with Crippen molar-refractivity contribution in [1.82, 2.24) is 4.57 Å². The first-order valence-electron chi connectivity index (χ1n) is 12.5. The molecular formula is C30H42BNSi. The van der Waals surface area contributed by atoms with Crippen LogP contribution in [0.5, 0.6) is 0 Å². The zero-order valence-corrected chi connectivity index (χ0v) is 23.6. The van der Waals surface area contributed by atoms with Crippen molar-refractivity contribution < 1.29 is 0 Å². The molecule has 3 aromatic carbocycles. The Bertz CT molecular complexity index is 1040. The summed E-state index contributed by atoms with van der Waals surface area (Å²) in [6, 6.07) is 18.8. The van der Waals surface area contributed by atoms with Crippen LogP contribution in [0, 0.1) is 41.5 Å². The molecule has 3 rings (SSSR count). The van der Waals surface area contributed by atoms with Crippen molar-refractivity contribution in [2.75, 3.05) is 13.1 Å². The molecule has 0 saturated heterocycles. The van der Waals surface area contributed by atoms with Gasteiger partial charge in [-0.05, 0) is 59.8 Å². The van der Waals surface area contributed by atoms with Crippen LogP contribution in [0.25, 0.3) is 0 Å². The smallest absolute Gasteiger partial charge is 0.242 e. The van der Waals surface area contributed by atoms with E-state index in [0.717, 1.165) is 13.1 Å². The topological polar surface area (TPSA) is 3.24 Å². The van der Waals surface area contributed by atoms with Crippen LogP contribution in [-0.2, 0) is 0 Å². The van der Waals surface area contributed by atoms with Crippen LogP contribution in [-0.4, -0.2) is 32.6 Å². The first-order chi connectivity index (χ1) is 15.5. The fraction of sp³-hybridized carbons (Fsp3) is 0.400. The standard InChI is InChI=1S/C30H42BNSi/c1-11-32(12-2)33(9,10)28-16-14-13-15-27(28)31(29-23(5)17-21(3)18-24(29)6)30-25(7)19-22(4)20-26(30)8/h13-20H,11-12H2,1-10H3. The molecule has 33 heavy (non-hydrogen) atoms. The van der Waals surface area contributed by atoms with Gasteiger partial charge in [0.05, 0.1) is 0 Å². The van der Waals surface area contributed by atoms with Crippen molar-refractivity contribution in [3.63, 3.8) is 0 Å². The molecule has 1 nitrogen and oxygen atoms in total. The zero-order valence-electron chi connectivity index (χ0n) is 22.6. The molecule has 0 bridgehead atoms. The van der Waals surface area contributed by atoms with Gasteiger partial charge >= 0.3 is 0 Å². The van der Waals surface area contributed by atoms with Gasteiger partial charge in [0.2, 0.25) is 6.71 Å². The van der Waals surface area contributed by atoms with Crippen LogP contribution >= 0.6 is 0 Å². The normalized spacial score (nSPS) is 11.8. The predicted molar refractivity (Wildman–Crippen MR) is 152 cm³/mol. The molecule has 174 valence electrons. The van der Waals surface area contributed by atoms with Gasteiger partial charge in [-0.1, -0.05) is 125 Å². The van der Waals surface area contributed by atoms with Crippen LogP contribution in [0.2, 0.25) is 13.1 Å². The molecule has 3 aromatic rings. The Morgan fingerprint density at radius 2 is 1.06 bits per heavy atom. The van der Waals surface area contributed by atoms with Gasteiger partial charge in [0.15, 0.2) is 8.24 Å². The maximum Gasteiger partial charge on any atom is 0.242 e. The second-order valence-electron chi connectivity index (χ2n) is 10.4. The molecule has 0 spiro atoms. The maximum atomic E-state index is 2.71. The summed E-state index contributed by atoms with van der Waals surface area (Å²) in [5, 5.41) is 1.57. The van der Waals surface area contributed by atoms with E-state index < -0.39 is 8.24 Å². The Morgan fingerprint density at radius 3 is 1.45 bits per heavy atom. The molecular weight excluding hydrogens is 413 g/mol. The highest BCUT2D eigenvalue weighted by molar-refractivity contribution is 7.02. The minimum Gasteiger partial charge on any atom is -0.321 e. The Balaban J connectivity index is 2.42. The highest BCUT2D eigenvalue weighted by Crippen LogP contribution is 2.15. The lowest BCUT2D eigenvalue weighted by Gasteiger charge is -2.38. The van der Waals surface area contributed by atoms with E-state index in [0.29, 0.717) is 0 Å². The average molecular weight is 456 g/mol. The zero-order chi connectivity index (χ0) is 24.5. The average Bonchev–Trinajstić information content (AvgIpc) is 2.72. The Hall–Kier alpha value is -2.10. The second-order valence-corrected chi connectivity index (χ2v) is 14.7. The highest BCUT2D eigenvalue weighted by Gasteiger charge is 2.37. The Morgan fingerprint density at radius 1 is 0.667 bits per heavy atom. The fourth-order valence-electron chi connectivity index (χ4n) is 6.24. The quantitative estimate of drug-likeness (QED) is 0.463. The number of hydrogen-bond donors (Lipinski definition) is 0. The predicted octanol–water partition coefficient (Wildman–Crippen LogP) is 4.81. The van der Waals surface area contributed by atoms with Crippen LogP contribution in [0.15, 0.2) is 48.5 Å². The minimum atomic E-state index is -1.84. The first-order valence-corrected chi connectivity index (χ1v) is 15.5. The first kappa shape index (κ1) is 25.5. The molecule has 0 unspecified atom stereocenters. The number of aryl methyl sites for hydroxylation is 6. The summed E-state index contributed by atoms with van der Waals surface area (Å²) >= 11 is 0. The lowest BCUT2D eigenvalue weighted by molar-refractivity contribution is 0.474. The largest absolute Gasteiger partial charge is 0.321 e. The summed E-state index contributed by atoms with van der Waals surface area (Å²) in [6.07, 6.45) is 0. The number of nitrogens with zero attached hydrogens (tertiary/aromatic N) is 1. The van der Waals surface area contributed by atoms with E-state index in [-0.39, 0.29) is 6.71 Å². The van der Waals surface area contributed by atoms with Crippen LogP contribution in [0.1, 0.15) is 47.2 Å². The van der Waals surface area contributed by atoms with E-state index in [2.05, 4.69) is 122 Å². The summed E-state index contributed by atoms with van der Waals surface area (Å²) in [5.41, 5.74) is 12.7. The molecule has 3 heteroatoms. The minimum absolute atomic E-state index is 0.240. The van der Waals surface area contributed by atoms with Gasteiger partial charge in [0.25, 0.3) is 0 Å². The van der Waals surface area contributed by atoms with Crippen molar-refractivity contribution in [2.45, 2.75) is 68.5 Å². The molecule has 0 saturated carbocycles. The van der Waals surface area contributed by atoms with Crippen LogP contribution in [0.3, 0.4) is 0 Å². The van der Waals surface area contributed by atoms with Crippen molar-refractivity contribution in [2.24, 2.45) is 0 Å². The lowest BCUT2D eigenvalue weighted by atomic mass is 9.34. The summed E-state index contributed by atoms with van der Waals surface area (Å²) in [5.74, 6) is 0. The van der Waals surface area contributed by atoms with E-state index in [1.54, 1.807) is 5.19 Å². The molecule has 0 aromatic heterocycles. The van der Waals surface area contributed by atoms with Gasteiger partial charge in [-0.3, -0.25) is 0 Å². The summed E-state index contributed by atoms with van der Waals surface area (Å²) in [6.45, 7) is 25.7. The molecule has 0 heterocycles. The molecule has 0 atom stereocenters. The molecule has 0 aliphatic heterocycles. The highest BCUT2D eigenvalue weighted by atomic mass is 28.3. The fourth-order valence-corrected chi connectivity index (χ4v) is 9.60. The number of rotatable bonds is 7. The Labute approximate surface area is 204 Å². The van der Waals surface area contributed by atoms with Crippen molar-refractivity contribution in [1.29, 1.82) is 0 Å². The van der Waals surface area contributed by atoms with Crippen LogP contribution in [0.4, 0.5) is 0 Å². The lowest BCUT2D eigenvalue weighted by Crippen LogP contribution is -2.68. The number of benzene rings is 3. The van der Waals surface area contributed by atoms with E-state index in [9.17, 15) is 0 Å². The van der Waals surface area contributed by atoms with Crippen molar-refractivity contribution in [3.8, 4) is 0 Å². The Kier molecular flexibility index (Phi) is 7.76. The number of hydrogen-bond acceptors (Lipinski definition) is 1. The third-order valence-electron chi connectivity index (χ3n) is 7.54. The maximum absolute atomic E-state index is 2.71. The van der Waals surface area contributed by atoms with E-state index in [1.165, 1.54) is 49.8 Å². The van der Waals surface area contributed by atoms with Crippen molar-refractivity contribution in [3.05, 3.63) is 81.9 Å². The third kappa shape index (κ3) is 4.90. The molecule has 0 fully saturated rings. The third-order valence-corrected chi connectivity index (χ3v) is 11.5. The van der Waals surface area contributed by atoms with Gasteiger partial charge in [-0.25, -0.2) is 0 Å². The molecule has 0 aliphatic carbocycles.